The lowest BCUT2D eigenvalue weighted by Crippen LogP contribution is -2.30. The summed E-state index contributed by atoms with van der Waals surface area (Å²) in [6.45, 7) is 3.69. The zero-order valence-corrected chi connectivity index (χ0v) is 18.5. The van der Waals surface area contributed by atoms with E-state index in [9.17, 15) is 18.0 Å². The van der Waals surface area contributed by atoms with Gasteiger partial charge in [0.05, 0.1) is 12.0 Å². The molecule has 2 rings (SSSR count). The molecule has 0 fully saturated rings. The molecule has 0 aliphatic carbocycles. The van der Waals surface area contributed by atoms with Crippen LogP contribution in [0.3, 0.4) is 0 Å². The minimum Gasteiger partial charge on any atom is -0.497 e. The molecule has 2 aromatic carbocycles. The van der Waals surface area contributed by atoms with Crippen LogP contribution in [0.5, 0.6) is 5.75 Å². The molecule has 0 aliphatic rings. The second kappa shape index (κ2) is 11.3. The fourth-order valence-corrected chi connectivity index (χ4v) is 4.24. The first-order chi connectivity index (χ1) is 14.8. The van der Waals surface area contributed by atoms with Gasteiger partial charge in [0.15, 0.2) is 6.61 Å². The van der Waals surface area contributed by atoms with E-state index in [0.717, 1.165) is 5.56 Å². The molecule has 31 heavy (non-hydrogen) atoms. The third-order valence-corrected chi connectivity index (χ3v) is 6.36. The minimum atomic E-state index is -3.65. The van der Waals surface area contributed by atoms with Crippen molar-refractivity contribution in [2.45, 2.75) is 18.7 Å². The molecule has 166 valence electrons. The minimum absolute atomic E-state index is 0.0761. The molecule has 9 heteroatoms. The Balaban J connectivity index is 1.94. The third-order valence-electron chi connectivity index (χ3n) is 4.31. The van der Waals surface area contributed by atoms with Crippen LogP contribution in [0.4, 0.5) is 5.69 Å². The summed E-state index contributed by atoms with van der Waals surface area (Å²) in [5.41, 5.74) is 1.04. The van der Waals surface area contributed by atoms with Gasteiger partial charge in [-0.25, -0.2) is 13.2 Å². The summed E-state index contributed by atoms with van der Waals surface area (Å²) < 4.78 is 36.6. The molecule has 1 N–H and O–H groups in total. The van der Waals surface area contributed by atoms with Crippen molar-refractivity contribution < 1.29 is 27.5 Å². The summed E-state index contributed by atoms with van der Waals surface area (Å²) in [7, 11) is -2.10. The molecule has 8 nitrogen and oxygen atoms in total. The topological polar surface area (TPSA) is 102 Å². The number of anilines is 1. The monoisotopic (exact) mass is 446 g/mol. The summed E-state index contributed by atoms with van der Waals surface area (Å²) in [6.07, 6.45) is 2.75. The van der Waals surface area contributed by atoms with E-state index in [1.54, 1.807) is 57.4 Å². The molecule has 0 radical (unpaired) electrons. The Morgan fingerprint density at radius 3 is 2.45 bits per heavy atom. The van der Waals surface area contributed by atoms with Gasteiger partial charge in [0.25, 0.3) is 5.91 Å². The Hall–Kier alpha value is -3.17. The molecule has 0 aromatic heterocycles. The molecule has 0 saturated heterocycles. The molecule has 0 spiro atoms. The van der Waals surface area contributed by atoms with Crippen molar-refractivity contribution in [1.29, 1.82) is 0 Å². The Kier molecular flexibility index (Phi) is 8.77. The standard InChI is InChI=1S/C22H26N2O6S/c1-4-24(5-2)31(27,28)20-11-7-9-18(15-20)23-21(25)16-30-22(26)13-12-17-8-6-10-19(14-17)29-3/h6-15H,4-5,16H2,1-3H3,(H,23,25)/b13-12+. The number of amides is 1. The first-order valence-electron chi connectivity index (χ1n) is 9.69. The summed E-state index contributed by atoms with van der Waals surface area (Å²) in [5.74, 6) is -0.614. The molecular formula is C22H26N2O6S. The van der Waals surface area contributed by atoms with E-state index in [1.807, 2.05) is 0 Å². The lowest BCUT2D eigenvalue weighted by molar-refractivity contribution is -0.142. The van der Waals surface area contributed by atoms with E-state index in [2.05, 4.69) is 5.32 Å². The highest BCUT2D eigenvalue weighted by atomic mass is 32.2. The van der Waals surface area contributed by atoms with Gasteiger partial charge in [0.2, 0.25) is 10.0 Å². The molecule has 0 aliphatic heterocycles. The van der Waals surface area contributed by atoms with E-state index in [1.165, 1.54) is 28.6 Å². The van der Waals surface area contributed by atoms with Crippen LogP contribution in [-0.2, 0) is 24.3 Å². The molecule has 0 atom stereocenters. The Morgan fingerprint density at radius 2 is 1.77 bits per heavy atom. The molecule has 0 bridgehead atoms. The van der Waals surface area contributed by atoms with E-state index >= 15 is 0 Å². The number of carbonyl (C=O) groups is 2. The zero-order chi connectivity index (χ0) is 22.9. The highest BCUT2D eigenvalue weighted by Gasteiger charge is 2.21. The number of methoxy groups -OCH3 is 1. The number of ether oxygens (including phenoxy) is 2. The number of esters is 1. The predicted molar refractivity (Wildman–Crippen MR) is 118 cm³/mol. The largest absolute Gasteiger partial charge is 0.497 e. The fourth-order valence-electron chi connectivity index (χ4n) is 2.74. The van der Waals surface area contributed by atoms with Crippen LogP contribution in [0.15, 0.2) is 59.5 Å². The van der Waals surface area contributed by atoms with Gasteiger partial charge in [-0.15, -0.1) is 0 Å². The van der Waals surface area contributed by atoms with E-state index in [-0.39, 0.29) is 4.90 Å². The number of carbonyl (C=O) groups excluding carboxylic acids is 2. The maximum atomic E-state index is 12.6. The highest BCUT2D eigenvalue weighted by molar-refractivity contribution is 7.89. The van der Waals surface area contributed by atoms with Crippen LogP contribution in [0, 0.1) is 0 Å². The number of nitrogens with zero attached hydrogens (tertiary/aromatic N) is 1. The number of rotatable bonds is 10. The van der Waals surface area contributed by atoms with Gasteiger partial charge in [0, 0.05) is 24.9 Å². The smallest absolute Gasteiger partial charge is 0.331 e. The number of nitrogens with one attached hydrogen (secondary N) is 1. The van der Waals surface area contributed by atoms with Crippen LogP contribution in [0.2, 0.25) is 0 Å². The second-order valence-corrected chi connectivity index (χ2v) is 8.32. The van der Waals surface area contributed by atoms with Crippen LogP contribution < -0.4 is 10.1 Å². The van der Waals surface area contributed by atoms with Crippen LogP contribution in [0.1, 0.15) is 19.4 Å². The normalized spacial score (nSPS) is 11.5. The SMILES string of the molecule is CCN(CC)S(=O)(=O)c1cccc(NC(=O)COC(=O)/C=C/c2cccc(OC)c2)c1. The molecular weight excluding hydrogens is 420 g/mol. The second-order valence-electron chi connectivity index (χ2n) is 6.38. The first-order valence-corrected chi connectivity index (χ1v) is 11.1. The van der Waals surface area contributed by atoms with Gasteiger partial charge in [-0.2, -0.15) is 4.31 Å². The molecule has 0 saturated carbocycles. The summed E-state index contributed by atoms with van der Waals surface area (Å²) >= 11 is 0. The number of benzene rings is 2. The number of hydrogen-bond acceptors (Lipinski definition) is 6. The Morgan fingerprint density at radius 1 is 1.06 bits per heavy atom. The zero-order valence-electron chi connectivity index (χ0n) is 17.7. The maximum Gasteiger partial charge on any atom is 0.331 e. The quantitative estimate of drug-likeness (QED) is 0.445. The van der Waals surface area contributed by atoms with Gasteiger partial charge < -0.3 is 14.8 Å². The lowest BCUT2D eigenvalue weighted by atomic mass is 10.2. The molecule has 0 unspecified atom stereocenters. The number of sulfonamides is 1. The molecule has 2 aromatic rings. The van der Waals surface area contributed by atoms with Crippen molar-refractivity contribution >= 4 is 33.7 Å². The van der Waals surface area contributed by atoms with Crippen LogP contribution >= 0.6 is 0 Å². The number of hydrogen-bond donors (Lipinski definition) is 1. The summed E-state index contributed by atoms with van der Waals surface area (Å²) in [4.78, 5) is 24.0. The van der Waals surface area contributed by atoms with Crippen molar-refractivity contribution in [3.8, 4) is 5.75 Å². The van der Waals surface area contributed by atoms with Gasteiger partial charge in [-0.1, -0.05) is 32.0 Å². The van der Waals surface area contributed by atoms with E-state index in [0.29, 0.717) is 24.5 Å². The Bertz CT molecular complexity index is 1050. The van der Waals surface area contributed by atoms with Crippen molar-refractivity contribution in [1.82, 2.24) is 4.31 Å². The van der Waals surface area contributed by atoms with Gasteiger partial charge >= 0.3 is 5.97 Å². The van der Waals surface area contributed by atoms with Crippen molar-refractivity contribution in [2.75, 3.05) is 32.1 Å². The van der Waals surface area contributed by atoms with Crippen molar-refractivity contribution in [2.24, 2.45) is 0 Å². The van der Waals surface area contributed by atoms with Gasteiger partial charge in [-0.3, -0.25) is 4.79 Å². The van der Waals surface area contributed by atoms with E-state index in [4.69, 9.17) is 9.47 Å². The van der Waals surface area contributed by atoms with Crippen LogP contribution in [-0.4, -0.2) is 51.4 Å². The third kappa shape index (κ3) is 6.94. The highest BCUT2D eigenvalue weighted by Crippen LogP contribution is 2.19. The Labute approximate surface area is 182 Å². The van der Waals surface area contributed by atoms with Crippen molar-refractivity contribution in [3.63, 3.8) is 0 Å². The average molecular weight is 447 g/mol. The predicted octanol–water partition coefficient (Wildman–Crippen LogP) is 2.92. The van der Waals surface area contributed by atoms with E-state index < -0.39 is 28.5 Å². The van der Waals surface area contributed by atoms with Crippen molar-refractivity contribution in [3.05, 3.63) is 60.2 Å². The summed E-state index contributed by atoms with van der Waals surface area (Å²) in [6, 6.07) is 13.0. The van der Waals surface area contributed by atoms with Crippen LogP contribution in [0.25, 0.3) is 6.08 Å². The van der Waals surface area contributed by atoms with Gasteiger partial charge in [0.1, 0.15) is 5.75 Å². The molecule has 0 heterocycles. The molecule has 1 amide bonds. The van der Waals surface area contributed by atoms with Gasteiger partial charge in [-0.05, 0) is 42.0 Å². The average Bonchev–Trinajstić information content (AvgIpc) is 2.77. The summed E-state index contributed by atoms with van der Waals surface area (Å²) in [5, 5.41) is 2.53. The first kappa shape index (κ1) is 24.1. The maximum absolute atomic E-state index is 12.6. The fraction of sp³-hybridized carbons (Fsp3) is 0.273. The lowest BCUT2D eigenvalue weighted by Gasteiger charge is -2.18.